The zero-order valence-corrected chi connectivity index (χ0v) is 21.3. The molecule has 1 aromatic rings. The van der Waals surface area contributed by atoms with E-state index >= 15 is 0 Å². The van der Waals surface area contributed by atoms with Crippen LogP contribution in [0.2, 0.25) is 0 Å². The maximum absolute atomic E-state index is 11.9. The Balaban J connectivity index is 3.60. The normalized spacial score (nSPS) is 13.1. The molecule has 0 amide bonds. The Labute approximate surface area is 206 Å². The molecule has 0 bridgehead atoms. The first-order valence-electron chi connectivity index (χ1n) is 11.8. The van der Waals surface area contributed by atoms with Gasteiger partial charge in [0.25, 0.3) is 0 Å². The van der Waals surface area contributed by atoms with Gasteiger partial charge in [-0.1, -0.05) is 20.8 Å². The summed E-state index contributed by atoms with van der Waals surface area (Å²) in [7, 11) is 0. The second kappa shape index (κ2) is 15.6. The smallest absolute Gasteiger partial charge is 0.305 e. The number of ether oxygens (including phenoxy) is 6. The molecule has 1 rings (SSSR count). The minimum atomic E-state index is -1.01. The van der Waals surface area contributed by atoms with Crippen molar-refractivity contribution in [1.29, 1.82) is 0 Å². The van der Waals surface area contributed by atoms with Crippen LogP contribution in [0, 0.1) is 0 Å². The van der Waals surface area contributed by atoms with E-state index in [4.69, 9.17) is 28.4 Å². The van der Waals surface area contributed by atoms with E-state index in [9.17, 15) is 19.2 Å². The van der Waals surface area contributed by atoms with Crippen LogP contribution in [0.15, 0.2) is 12.1 Å². The third-order valence-corrected chi connectivity index (χ3v) is 4.46. The van der Waals surface area contributed by atoms with Crippen molar-refractivity contribution in [2.75, 3.05) is 0 Å². The lowest BCUT2D eigenvalue weighted by molar-refractivity contribution is -0.167. The molecule has 0 saturated carbocycles. The number of benzene rings is 1. The molecule has 3 unspecified atom stereocenters. The summed E-state index contributed by atoms with van der Waals surface area (Å²) in [5, 5.41) is 0. The lowest BCUT2D eigenvalue weighted by atomic mass is 10.1. The van der Waals surface area contributed by atoms with Gasteiger partial charge in [-0.15, -0.1) is 0 Å². The maximum Gasteiger partial charge on any atom is 0.305 e. The molecule has 10 heteroatoms. The lowest BCUT2D eigenvalue weighted by Crippen LogP contribution is -2.27. The number of aldehydes is 1. The highest BCUT2D eigenvalue weighted by molar-refractivity contribution is 5.82. The first kappa shape index (κ1) is 29.7. The largest absolute Gasteiger partial charge is 0.451 e. The average molecular weight is 497 g/mol. The number of carbonyl (C=O) groups excluding carboxylic acids is 4. The van der Waals surface area contributed by atoms with Gasteiger partial charge in [-0.05, 0) is 31.4 Å². The third kappa shape index (κ3) is 10.7. The predicted molar refractivity (Wildman–Crippen MR) is 125 cm³/mol. The van der Waals surface area contributed by atoms with Crippen LogP contribution < -0.4 is 14.2 Å². The van der Waals surface area contributed by atoms with Gasteiger partial charge in [0, 0.05) is 40.0 Å². The minimum Gasteiger partial charge on any atom is -0.451 e. The van der Waals surface area contributed by atoms with Crippen molar-refractivity contribution in [3.8, 4) is 17.2 Å². The van der Waals surface area contributed by atoms with Crippen LogP contribution in [0.3, 0.4) is 0 Å². The number of carbonyl (C=O) groups is 4. The molecule has 0 fully saturated rings. The summed E-state index contributed by atoms with van der Waals surface area (Å²) in [6, 6.07) is 2.91. The van der Waals surface area contributed by atoms with Crippen molar-refractivity contribution in [2.45, 2.75) is 98.9 Å². The molecule has 0 aliphatic carbocycles. The van der Waals surface area contributed by atoms with E-state index in [0.29, 0.717) is 44.8 Å². The Morgan fingerprint density at radius 3 is 1.46 bits per heavy atom. The van der Waals surface area contributed by atoms with Gasteiger partial charge in [0.05, 0.1) is 5.56 Å². The Hall–Kier alpha value is -3.30. The number of esters is 3. The SMILES string of the molecule is CCCC(OC(C)=O)Oc1ccc(C=O)c(OC(CCC)OC(C)=O)c1OC(CCC)OC(C)=O. The lowest BCUT2D eigenvalue weighted by Gasteiger charge is -2.26. The van der Waals surface area contributed by atoms with Crippen LogP contribution >= 0.6 is 0 Å². The van der Waals surface area contributed by atoms with E-state index in [-0.39, 0.29) is 22.8 Å². The van der Waals surface area contributed by atoms with Gasteiger partial charge in [0.2, 0.25) is 24.6 Å². The van der Waals surface area contributed by atoms with Gasteiger partial charge >= 0.3 is 17.9 Å². The summed E-state index contributed by atoms with van der Waals surface area (Å²) in [5.74, 6) is -1.66. The van der Waals surface area contributed by atoms with E-state index in [0.717, 1.165) is 0 Å². The monoisotopic (exact) mass is 496 g/mol. The third-order valence-electron chi connectivity index (χ3n) is 4.46. The molecule has 0 aliphatic rings. The standard InChI is InChI=1S/C25H36O10/c1-7-10-21(30-16(4)27)33-20-14-13-19(15-26)24(34-22(11-8-2)31-17(5)28)25(20)35-23(12-9-3)32-18(6)29/h13-15,21-23H,7-12H2,1-6H3. The molecule has 0 saturated heterocycles. The minimum absolute atomic E-state index is 0.0455. The average Bonchev–Trinajstić information content (AvgIpc) is 2.75. The second-order valence-electron chi connectivity index (χ2n) is 7.77. The molecule has 0 spiro atoms. The number of hydrogen-bond acceptors (Lipinski definition) is 10. The summed E-state index contributed by atoms with van der Waals surface area (Å²) in [5.41, 5.74) is 0.0956. The highest BCUT2D eigenvalue weighted by Gasteiger charge is 2.27. The molecule has 0 radical (unpaired) electrons. The number of rotatable bonds is 16. The van der Waals surface area contributed by atoms with Gasteiger partial charge in [-0.3, -0.25) is 19.2 Å². The summed E-state index contributed by atoms with van der Waals surface area (Å²) in [6.07, 6.45) is 0.567. The van der Waals surface area contributed by atoms with Crippen molar-refractivity contribution >= 4 is 24.2 Å². The topological polar surface area (TPSA) is 124 Å². The van der Waals surface area contributed by atoms with Gasteiger partial charge in [-0.2, -0.15) is 0 Å². The molecule has 196 valence electrons. The second-order valence-corrected chi connectivity index (χ2v) is 7.77. The van der Waals surface area contributed by atoms with Crippen molar-refractivity contribution in [3.63, 3.8) is 0 Å². The van der Waals surface area contributed by atoms with Crippen LogP contribution in [0.5, 0.6) is 17.2 Å². The molecule has 10 nitrogen and oxygen atoms in total. The van der Waals surface area contributed by atoms with E-state index in [1.807, 2.05) is 20.8 Å². The Kier molecular flexibility index (Phi) is 13.2. The van der Waals surface area contributed by atoms with E-state index < -0.39 is 36.8 Å². The molecular formula is C25H36O10. The predicted octanol–water partition coefficient (Wildman–Crippen LogP) is 4.70. The summed E-state index contributed by atoms with van der Waals surface area (Å²) < 4.78 is 33.7. The van der Waals surface area contributed by atoms with Crippen LogP contribution in [-0.2, 0) is 28.6 Å². The van der Waals surface area contributed by atoms with Gasteiger partial charge in [0.1, 0.15) is 0 Å². The zero-order chi connectivity index (χ0) is 26.4. The van der Waals surface area contributed by atoms with Crippen LogP contribution in [0.4, 0.5) is 0 Å². The molecule has 0 heterocycles. The van der Waals surface area contributed by atoms with Crippen molar-refractivity contribution in [1.82, 2.24) is 0 Å². The van der Waals surface area contributed by atoms with E-state index in [1.165, 1.54) is 32.9 Å². The molecule has 0 aliphatic heterocycles. The van der Waals surface area contributed by atoms with Crippen LogP contribution in [-0.4, -0.2) is 43.1 Å². The fraction of sp³-hybridized carbons (Fsp3) is 0.600. The molecule has 0 aromatic heterocycles. The Morgan fingerprint density at radius 2 is 1.09 bits per heavy atom. The Morgan fingerprint density at radius 1 is 0.686 bits per heavy atom. The van der Waals surface area contributed by atoms with Crippen LogP contribution in [0.25, 0.3) is 0 Å². The van der Waals surface area contributed by atoms with Crippen molar-refractivity contribution in [3.05, 3.63) is 17.7 Å². The van der Waals surface area contributed by atoms with E-state index in [1.54, 1.807) is 0 Å². The summed E-state index contributed by atoms with van der Waals surface area (Å²) >= 11 is 0. The molecule has 1 aromatic carbocycles. The van der Waals surface area contributed by atoms with Gasteiger partial charge in [0.15, 0.2) is 17.8 Å². The van der Waals surface area contributed by atoms with Gasteiger partial charge in [-0.25, -0.2) is 0 Å². The zero-order valence-electron chi connectivity index (χ0n) is 21.3. The van der Waals surface area contributed by atoms with Crippen molar-refractivity contribution < 1.29 is 47.6 Å². The van der Waals surface area contributed by atoms with Crippen molar-refractivity contribution in [2.24, 2.45) is 0 Å². The Bertz CT molecular complexity index is 851. The highest BCUT2D eigenvalue weighted by Crippen LogP contribution is 2.42. The van der Waals surface area contributed by atoms with E-state index in [2.05, 4.69) is 0 Å². The summed E-state index contributed by atoms with van der Waals surface area (Å²) in [4.78, 5) is 46.7. The summed E-state index contributed by atoms with van der Waals surface area (Å²) in [6.45, 7) is 9.42. The fourth-order valence-corrected chi connectivity index (χ4v) is 3.07. The fourth-order valence-electron chi connectivity index (χ4n) is 3.07. The first-order valence-corrected chi connectivity index (χ1v) is 11.8. The highest BCUT2D eigenvalue weighted by atomic mass is 16.7. The molecular weight excluding hydrogens is 460 g/mol. The maximum atomic E-state index is 11.9. The first-order chi connectivity index (χ1) is 16.6. The molecule has 0 N–H and O–H groups in total. The van der Waals surface area contributed by atoms with Crippen LogP contribution in [0.1, 0.15) is 90.4 Å². The molecule has 3 atom stereocenters. The van der Waals surface area contributed by atoms with Gasteiger partial charge < -0.3 is 28.4 Å². The number of hydrogen-bond donors (Lipinski definition) is 0. The quantitative estimate of drug-likeness (QED) is 0.138. The molecule has 35 heavy (non-hydrogen) atoms.